The fourth-order valence-electron chi connectivity index (χ4n) is 2.80. The van der Waals surface area contributed by atoms with E-state index in [2.05, 4.69) is 5.32 Å². The van der Waals surface area contributed by atoms with Crippen molar-refractivity contribution in [1.82, 2.24) is 0 Å². The Labute approximate surface area is 167 Å². The Morgan fingerprint density at radius 1 is 0.862 bits per heavy atom. The lowest BCUT2D eigenvalue weighted by Gasteiger charge is -2.16. The maximum atomic E-state index is 12.9. The number of hydrogen-bond donors (Lipinski definition) is 1. The molecule has 0 radical (unpaired) electrons. The van der Waals surface area contributed by atoms with Crippen molar-refractivity contribution in [3.8, 4) is 28.7 Å². The van der Waals surface area contributed by atoms with Gasteiger partial charge in [-0.15, -0.1) is 0 Å². The van der Waals surface area contributed by atoms with Crippen molar-refractivity contribution in [3.05, 3.63) is 39.4 Å². The third-order valence-electron chi connectivity index (χ3n) is 4.21. The summed E-state index contributed by atoms with van der Waals surface area (Å²) in [5.74, 6) is 0.0662. The number of hydrogen-bond acceptors (Lipinski definition) is 8. The van der Waals surface area contributed by atoms with Gasteiger partial charge < -0.3 is 29.0 Å². The summed E-state index contributed by atoms with van der Waals surface area (Å²) < 4.78 is 26.0. The van der Waals surface area contributed by atoms with Crippen LogP contribution >= 0.6 is 0 Å². The molecule has 0 unspecified atom stereocenters. The van der Waals surface area contributed by atoms with Crippen molar-refractivity contribution in [3.63, 3.8) is 0 Å². The van der Waals surface area contributed by atoms with E-state index in [9.17, 15) is 14.9 Å². The van der Waals surface area contributed by atoms with Crippen LogP contribution in [0.15, 0.2) is 18.2 Å². The Kier molecular flexibility index (Phi) is 6.71. The van der Waals surface area contributed by atoms with Gasteiger partial charge in [0.15, 0.2) is 17.2 Å². The predicted molar refractivity (Wildman–Crippen MR) is 105 cm³/mol. The van der Waals surface area contributed by atoms with Crippen molar-refractivity contribution in [2.24, 2.45) is 0 Å². The number of anilines is 1. The smallest absolute Gasteiger partial charge is 0.327 e. The van der Waals surface area contributed by atoms with Crippen LogP contribution < -0.4 is 29.0 Å². The molecule has 1 amide bonds. The molecule has 1 N–H and O–H groups in total. The van der Waals surface area contributed by atoms with E-state index in [4.69, 9.17) is 23.7 Å². The zero-order chi connectivity index (χ0) is 21.7. The van der Waals surface area contributed by atoms with Crippen molar-refractivity contribution < 1.29 is 33.4 Å². The molecule has 0 saturated carbocycles. The standard InChI is InChI=1S/C19H22N2O8/c1-10-7-13(25-2)14(26-3)9-12(10)20-19(22)11-8-15(27-4)17(28-5)18(29-6)16(11)21(23)24/h7-9H,1-6H3,(H,20,22). The molecular formula is C19H22N2O8. The Bertz CT molecular complexity index is 943. The maximum absolute atomic E-state index is 12.9. The molecule has 0 aromatic heterocycles. The van der Waals surface area contributed by atoms with Gasteiger partial charge in [-0.2, -0.15) is 0 Å². The fraction of sp³-hybridized carbons (Fsp3) is 0.316. The second-order valence-corrected chi connectivity index (χ2v) is 5.77. The van der Waals surface area contributed by atoms with Gasteiger partial charge in [-0.05, 0) is 18.6 Å². The van der Waals surface area contributed by atoms with E-state index < -0.39 is 16.5 Å². The van der Waals surface area contributed by atoms with Crippen molar-refractivity contribution in [2.75, 3.05) is 40.9 Å². The van der Waals surface area contributed by atoms with Gasteiger partial charge in [-0.1, -0.05) is 0 Å². The van der Waals surface area contributed by atoms with Crippen LogP contribution in [0.4, 0.5) is 11.4 Å². The van der Waals surface area contributed by atoms with E-state index >= 15 is 0 Å². The van der Waals surface area contributed by atoms with Gasteiger partial charge in [-0.3, -0.25) is 14.9 Å². The third-order valence-corrected chi connectivity index (χ3v) is 4.21. The van der Waals surface area contributed by atoms with E-state index in [1.165, 1.54) is 41.6 Å². The summed E-state index contributed by atoms with van der Waals surface area (Å²) in [5.41, 5.74) is 0.279. The molecule has 10 heteroatoms. The highest BCUT2D eigenvalue weighted by molar-refractivity contribution is 6.09. The lowest BCUT2D eigenvalue weighted by Crippen LogP contribution is -2.16. The molecule has 0 bridgehead atoms. The highest BCUT2D eigenvalue weighted by atomic mass is 16.6. The van der Waals surface area contributed by atoms with Crippen LogP contribution in [-0.2, 0) is 0 Å². The van der Waals surface area contributed by atoms with Crippen molar-refractivity contribution >= 4 is 17.3 Å². The fourth-order valence-corrected chi connectivity index (χ4v) is 2.80. The number of aryl methyl sites for hydroxylation is 1. The summed E-state index contributed by atoms with van der Waals surface area (Å²) in [6, 6.07) is 4.47. The topological polar surface area (TPSA) is 118 Å². The maximum Gasteiger partial charge on any atom is 0.327 e. The van der Waals surface area contributed by atoms with E-state index in [0.717, 1.165) is 0 Å². The average molecular weight is 406 g/mol. The number of nitro benzene ring substituents is 1. The average Bonchev–Trinajstić information content (AvgIpc) is 2.72. The van der Waals surface area contributed by atoms with Gasteiger partial charge in [0.1, 0.15) is 5.56 Å². The second-order valence-electron chi connectivity index (χ2n) is 5.77. The van der Waals surface area contributed by atoms with Crippen LogP contribution in [0.2, 0.25) is 0 Å². The highest BCUT2D eigenvalue weighted by Crippen LogP contribution is 2.46. The Balaban J connectivity index is 2.60. The van der Waals surface area contributed by atoms with Gasteiger partial charge >= 0.3 is 5.69 Å². The van der Waals surface area contributed by atoms with E-state index in [1.54, 1.807) is 19.1 Å². The first-order valence-corrected chi connectivity index (χ1v) is 8.34. The molecule has 0 heterocycles. The molecule has 0 aliphatic carbocycles. The largest absolute Gasteiger partial charge is 0.493 e. The minimum Gasteiger partial charge on any atom is -0.493 e. The molecule has 2 aromatic carbocycles. The van der Waals surface area contributed by atoms with Gasteiger partial charge in [-0.25, -0.2) is 0 Å². The summed E-state index contributed by atoms with van der Waals surface area (Å²) in [4.78, 5) is 23.9. The van der Waals surface area contributed by atoms with E-state index in [0.29, 0.717) is 22.7 Å². The van der Waals surface area contributed by atoms with E-state index in [1.807, 2.05) is 0 Å². The zero-order valence-corrected chi connectivity index (χ0v) is 16.9. The van der Waals surface area contributed by atoms with Crippen LogP contribution in [0.3, 0.4) is 0 Å². The number of benzene rings is 2. The number of ether oxygens (including phenoxy) is 5. The molecule has 156 valence electrons. The lowest BCUT2D eigenvalue weighted by atomic mass is 10.1. The van der Waals surface area contributed by atoms with Gasteiger partial charge in [0.25, 0.3) is 5.91 Å². The van der Waals surface area contributed by atoms with Gasteiger partial charge in [0.05, 0.1) is 40.5 Å². The highest BCUT2D eigenvalue weighted by Gasteiger charge is 2.32. The summed E-state index contributed by atoms with van der Waals surface area (Å²) in [7, 11) is 6.86. The number of nitrogens with one attached hydrogen (secondary N) is 1. The molecule has 0 fully saturated rings. The molecule has 0 saturated heterocycles. The predicted octanol–water partition coefficient (Wildman–Crippen LogP) is 3.20. The molecule has 0 aliphatic rings. The van der Waals surface area contributed by atoms with E-state index in [-0.39, 0.29) is 22.8 Å². The minimum atomic E-state index is -0.730. The number of nitrogens with zero attached hydrogens (tertiary/aromatic N) is 1. The SMILES string of the molecule is COc1cc(C)c(NC(=O)c2cc(OC)c(OC)c(OC)c2[N+](=O)[O-])cc1OC. The summed E-state index contributed by atoms with van der Waals surface area (Å²) in [5, 5.41) is 14.3. The quantitative estimate of drug-likeness (QED) is 0.524. The second kappa shape index (κ2) is 9.00. The van der Waals surface area contributed by atoms with Crippen molar-refractivity contribution in [2.45, 2.75) is 6.92 Å². The third kappa shape index (κ3) is 4.10. The number of methoxy groups -OCH3 is 5. The normalized spacial score (nSPS) is 10.1. The number of carbonyl (C=O) groups is 1. The number of amides is 1. The van der Waals surface area contributed by atoms with Gasteiger partial charge in [0.2, 0.25) is 11.5 Å². The number of carbonyl (C=O) groups excluding carboxylic acids is 1. The molecule has 2 aromatic rings. The monoisotopic (exact) mass is 406 g/mol. The number of rotatable bonds is 8. The Morgan fingerprint density at radius 3 is 1.90 bits per heavy atom. The summed E-state index contributed by atoms with van der Waals surface area (Å²) in [6.45, 7) is 1.75. The first kappa shape index (κ1) is 21.6. The van der Waals surface area contributed by atoms with Crippen LogP contribution in [-0.4, -0.2) is 46.4 Å². The van der Waals surface area contributed by atoms with Crippen LogP contribution in [0.25, 0.3) is 0 Å². The van der Waals surface area contributed by atoms with Crippen LogP contribution in [0.5, 0.6) is 28.7 Å². The lowest BCUT2D eigenvalue weighted by molar-refractivity contribution is -0.386. The summed E-state index contributed by atoms with van der Waals surface area (Å²) >= 11 is 0. The zero-order valence-electron chi connectivity index (χ0n) is 16.9. The Morgan fingerprint density at radius 2 is 1.41 bits per heavy atom. The van der Waals surface area contributed by atoms with Crippen molar-refractivity contribution in [1.29, 1.82) is 0 Å². The number of nitro groups is 1. The minimum absolute atomic E-state index is 0.0144. The molecular weight excluding hydrogens is 384 g/mol. The van der Waals surface area contributed by atoms with Crippen LogP contribution in [0, 0.1) is 17.0 Å². The molecule has 0 spiro atoms. The molecule has 0 atom stereocenters. The molecule has 0 aliphatic heterocycles. The molecule has 10 nitrogen and oxygen atoms in total. The first-order chi connectivity index (χ1) is 13.8. The first-order valence-electron chi connectivity index (χ1n) is 8.34. The Hall–Kier alpha value is -3.69. The van der Waals surface area contributed by atoms with Crippen LogP contribution in [0.1, 0.15) is 15.9 Å². The molecule has 2 rings (SSSR count). The molecule has 29 heavy (non-hydrogen) atoms. The van der Waals surface area contributed by atoms with Gasteiger partial charge in [0, 0.05) is 17.8 Å². The summed E-state index contributed by atoms with van der Waals surface area (Å²) in [6.07, 6.45) is 0.